The van der Waals surface area contributed by atoms with Crippen LogP contribution in [0.1, 0.15) is 74.7 Å². The molecular formula is C17H37NSi. The molecule has 0 saturated carbocycles. The molecule has 0 atom stereocenters. The van der Waals surface area contributed by atoms with E-state index in [0.29, 0.717) is 0 Å². The normalized spacial score (nSPS) is 13.2. The Morgan fingerprint density at radius 2 is 1.37 bits per heavy atom. The topological polar surface area (TPSA) is 3.24 Å². The van der Waals surface area contributed by atoms with E-state index in [4.69, 9.17) is 0 Å². The average molecular weight is 284 g/mol. The van der Waals surface area contributed by atoms with Crippen molar-refractivity contribution in [2.75, 3.05) is 6.54 Å². The highest BCUT2D eigenvalue weighted by Gasteiger charge is 2.47. The van der Waals surface area contributed by atoms with Crippen LogP contribution in [0.25, 0.3) is 0 Å². The van der Waals surface area contributed by atoms with Crippen LogP contribution in [0.3, 0.4) is 0 Å². The fourth-order valence-electron chi connectivity index (χ4n) is 3.95. The maximum atomic E-state index is 2.79. The molecule has 0 fully saturated rings. The molecule has 0 heterocycles. The third-order valence-electron chi connectivity index (χ3n) is 4.55. The summed E-state index contributed by atoms with van der Waals surface area (Å²) in [4.78, 5) is 0. The summed E-state index contributed by atoms with van der Waals surface area (Å²) in [7, 11) is -1.48. The summed E-state index contributed by atoms with van der Waals surface area (Å²) >= 11 is 0. The lowest BCUT2D eigenvalue weighted by atomic mass is 10.3. The van der Waals surface area contributed by atoms with E-state index in [1.807, 2.05) is 0 Å². The Morgan fingerprint density at radius 3 is 1.68 bits per heavy atom. The van der Waals surface area contributed by atoms with Crippen molar-refractivity contribution in [3.63, 3.8) is 0 Å². The molecule has 2 heteroatoms. The smallest absolute Gasteiger partial charge is 0.163 e. The standard InChI is InChI=1S/C17H37NSi/c1-9-11-13-18(14-12-10-2)19(15(3)4,16(5)6)17(7)8/h11,13,15-17H,9-10,12,14H2,1-8H3/b13-11+. The van der Waals surface area contributed by atoms with E-state index in [1.54, 1.807) is 0 Å². The van der Waals surface area contributed by atoms with Crippen LogP contribution in [-0.4, -0.2) is 19.3 Å². The van der Waals surface area contributed by atoms with Gasteiger partial charge in [-0.15, -0.1) is 0 Å². The first-order chi connectivity index (χ1) is 8.85. The van der Waals surface area contributed by atoms with Crippen molar-refractivity contribution in [2.45, 2.75) is 91.3 Å². The Bertz CT molecular complexity index is 234. The molecule has 0 N–H and O–H groups in total. The van der Waals surface area contributed by atoms with Gasteiger partial charge in [0.15, 0.2) is 8.24 Å². The van der Waals surface area contributed by atoms with Crippen LogP contribution in [0, 0.1) is 0 Å². The lowest BCUT2D eigenvalue weighted by Crippen LogP contribution is -2.58. The molecule has 1 nitrogen and oxygen atoms in total. The van der Waals surface area contributed by atoms with Gasteiger partial charge in [0.25, 0.3) is 0 Å². The van der Waals surface area contributed by atoms with Gasteiger partial charge in [0.05, 0.1) is 0 Å². The average Bonchev–Trinajstić information content (AvgIpc) is 2.31. The van der Waals surface area contributed by atoms with E-state index in [-0.39, 0.29) is 0 Å². The van der Waals surface area contributed by atoms with E-state index in [0.717, 1.165) is 23.0 Å². The molecule has 0 aliphatic heterocycles. The van der Waals surface area contributed by atoms with Gasteiger partial charge in [-0.2, -0.15) is 0 Å². The predicted molar refractivity (Wildman–Crippen MR) is 92.1 cm³/mol. The van der Waals surface area contributed by atoms with Crippen molar-refractivity contribution in [1.29, 1.82) is 0 Å². The third-order valence-corrected chi connectivity index (χ3v) is 11.5. The van der Waals surface area contributed by atoms with E-state index in [9.17, 15) is 0 Å². The van der Waals surface area contributed by atoms with Gasteiger partial charge < -0.3 is 4.57 Å². The molecular weight excluding hydrogens is 246 g/mol. The molecule has 19 heavy (non-hydrogen) atoms. The van der Waals surface area contributed by atoms with Gasteiger partial charge in [0.2, 0.25) is 0 Å². The summed E-state index contributed by atoms with van der Waals surface area (Å²) < 4.78 is 2.79. The quantitative estimate of drug-likeness (QED) is 0.456. The minimum Gasteiger partial charge on any atom is -0.403 e. The first-order valence-electron chi connectivity index (χ1n) is 8.28. The molecule has 0 aromatic heterocycles. The highest BCUT2D eigenvalue weighted by Crippen LogP contribution is 2.44. The molecule has 0 aromatic rings. The number of rotatable bonds is 9. The second kappa shape index (κ2) is 8.83. The Balaban J connectivity index is 5.50. The fraction of sp³-hybridized carbons (Fsp3) is 0.882. The Morgan fingerprint density at radius 1 is 0.895 bits per heavy atom. The van der Waals surface area contributed by atoms with Crippen LogP contribution in [0.15, 0.2) is 12.3 Å². The highest BCUT2D eigenvalue weighted by molar-refractivity contribution is 6.81. The van der Waals surface area contributed by atoms with Gasteiger partial charge in [-0.1, -0.05) is 67.9 Å². The van der Waals surface area contributed by atoms with Crippen LogP contribution < -0.4 is 0 Å². The molecule has 0 aliphatic rings. The van der Waals surface area contributed by atoms with Crippen LogP contribution in [0.4, 0.5) is 0 Å². The molecule has 0 aliphatic carbocycles. The third kappa shape index (κ3) is 4.37. The van der Waals surface area contributed by atoms with Gasteiger partial charge in [0.1, 0.15) is 0 Å². The van der Waals surface area contributed by atoms with Crippen LogP contribution in [-0.2, 0) is 0 Å². The first kappa shape index (κ1) is 18.8. The number of nitrogens with zero attached hydrogens (tertiary/aromatic N) is 1. The summed E-state index contributed by atoms with van der Waals surface area (Å²) in [6, 6.07) is 0. The zero-order valence-corrected chi connectivity index (χ0v) is 15.7. The highest BCUT2D eigenvalue weighted by atomic mass is 28.3. The maximum Gasteiger partial charge on any atom is 0.163 e. The molecule has 114 valence electrons. The predicted octanol–water partition coefficient (Wildman–Crippen LogP) is 6.19. The van der Waals surface area contributed by atoms with Crippen LogP contribution in [0.5, 0.6) is 0 Å². The Kier molecular flexibility index (Phi) is 8.72. The van der Waals surface area contributed by atoms with Crippen molar-refractivity contribution in [3.8, 4) is 0 Å². The summed E-state index contributed by atoms with van der Waals surface area (Å²) in [5.74, 6) is 0. The van der Waals surface area contributed by atoms with Crippen molar-refractivity contribution in [1.82, 2.24) is 4.57 Å². The number of hydrogen-bond donors (Lipinski definition) is 0. The van der Waals surface area contributed by atoms with Crippen molar-refractivity contribution in [3.05, 3.63) is 12.3 Å². The maximum absolute atomic E-state index is 2.79. The van der Waals surface area contributed by atoms with Gasteiger partial charge in [-0.25, -0.2) is 0 Å². The van der Waals surface area contributed by atoms with Crippen molar-refractivity contribution >= 4 is 8.24 Å². The molecule has 0 radical (unpaired) electrons. The van der Waals surface area contributed by atoms with E-state index >= 15 is 0 Å². The van der Waals surface area contributed by atoms with Gasteiger partial charge in [-0.05, 0) is 35.7 Å². The number of hydrogen-bond acceptors (Lipinski definition) is 1. The van der Waals surface area contributed by atoms with E-state index in [2.05, 4.69) is 72.2 Å². The Labute approximate surface area is 123 Å². The molecule has 0 aromatic carbocycles. The minimum atomic E-state index is -1.48. The Hall–Kier alpha value is -0.243. The molecule has 0 saturated heterocycles. The zero-order chi connectivity index (χ0) is 15.1. The lowest BCUT2D eigenvalue weighted by Gasteiger charge is -2.51. The first-order valence-corrected chi connectivity index (χ1v) is 10.5. The molecule has 0 unspecified atom stereocenters. The van der Waals surface area contributed by atoms with Gasteiger partial charge in [0, 0.05) is 6.54 Å². The number of unbranched alkanes of at least 4 members (excludes halogenated alkanes) is 1. The van der Waals surface area contributed by atoms with E-state index < -0.39 is 8.24 Å². The summed E-state index contributed by atoms with van der Waals surface area (Å²) in [6.45, 7) is 20.5. The van der Waals surface area contributed by atoms with Crippen molar-refractivity contribution < 1.29 is 0 Å². The second-order valence-corrected chi connectivity index (χ2v) is 12.5. The van der Waals surface area contributed by atoms with Crippen LogP contribution >= 0.6 is 0 Å². The lowest BCUT2D eigenvalue weighted by molar-refractivity contribution is 0.482. The monoisotopic (exact) mass is 283 g/mol. The summed E-state index contributed by atoms with van der Waals surface area (Å²) in [6.07, 6.45) is 8.53. The molecule has 0 bridgehead atoms. The SMILES string of the molecule is CC/C=C/N(CCCC)[Si](C(C)C)(C(C)C)C(C)C. The summed E-state index contributed by atoms with van der Waals surface area (Å²) in [5, 5.41) is 0. The second-order valence-electron chi connectivity index (χ2n) is 6.69. The fourth-order valence-corrected chi connectivity index (χ4v) is 10.9. The zero-order valence-electron chi connectivity index (χ0n) is 14.7. The molecule has 0 amide bonds. The molecule has 0 rings (SSSR count). The molecule has 0 spiro atoms. The summed E-state index contributed by atoms with van der Waals surface area (Å²) in [5.41, 5.74) is 2.39. The van der Waals surface area contributed by atoms with E-state index in [1.165, 1.54) is 19.4 Å². The van der Waals surface area contributed by atoms with Gasteiger partial charge >= 0.3 is 0 Å². The van der Waals surface area contributed by atoms with Crippen LogP contribution in [0.2, 0.25) is 16.6 Å². The van der Waals surface area contributed by atoms with Crippen molar-refractivity contribution in [2.24, 2.45) is 0 Å². The largest absolute Gasteiger partial charge is 0.403 e. The minimum absolute atomic E-state index is 0.797. The number of allylic oxidation sites excluding steroid dienone is 1. The van der Waals surface area contributed by atoms with Gasteiger partial charge in [-0.3, -0.25) is 0 Å².